The third-order valence-corrected chi connectivity index (χ3v) is 5.22. The quantitative estimate of drug-likeness (QED) is 0.838. The lowest BCUT2D eigenvalue weighted by Gasteiger charge is -2.30. The van der Waals surface area contributed by atoms with Crippen LogP contribution in [-0.2, 0) is 14.8 Å². The molecule has 2 heterocycles. The summed E-state index contributed by atoms with van der Waals surface area (Å²) < 4.78 is 24.9. The van der Waals surface area contributed by atoms with E-state index >= 15 is 0 Å². The maximum Gasteiger partial charge on any atom is 0.228 e. The van der Waals surface area contributed by atoms with Gasteiger partial charge in [-0.1, -0.05) is 0 Å². The van der Waals surface area contributed by atoms with E-state index in [0.29, 0.717) is 31.7 Å². The molecule has 1 amide bonds. The number of nitrogens with one attached hydrogen (secondary N) is 2. The van der Waals surface area contributed by atoms with Gasteiger partial charge in [0, 0.05) is 25.1 Å². The lowest BCUT2D eigenvalue weighted by molar-refractivity contribution is -0.120. The number of carbonyl (C=O) groups is 1. The molecular weight excluding hydrogens is 268 g/mol. The van der Waals surface area contributed by atoms with Crippen LogP contribution in [0.4, 0.5) is 5.82 Å². The van der Waals surface area contributed by atoms with Gasteiger partial charge < -0.3 is 5.32 Å². The molecule has 2 N–H and O–H groups in total. The molecule has 0 aromatic carbocycles. The van der Waals surface area contributed by atoms with E-state index in [4.69, 9.17) is 0 Å². The number of hydrogen-bond acceptors (Lipinski definition) is 4. The van der Waals surface area contributed by atoms with Gasteiger partial charge >= 0.3 is 0 Å². The SMILES string of the molecule is CCS(=O)(=O)N1CCC(C(=O)Nc2ccn[nH]2)CC1. The summed E-state index contributed by atoms with van der Waals surface area (Å²) in [6.07, 6.45) is 2.67. The number of rotatable bonds is 4. The number of aromatic amines is 1. The van der Waals surface area contributed by atoms with E-state index in [1.54, 1.807) is 19.2 Å². The van der Waals surface area contributed by atoms with Crippen LogP contribution in [0.2, 0.25) is 0 Å². The topological polar surface area (TPSA) is 95.2 Å². The van der Waals surface area contributed by atoms with E-state index in [0.717, 1.165) is 0 Å². The molecule has 1 aromatic rings. The number of sulfonamides is 1. The summed E-state index contributed by atoms with van der Waals surface area (Å²) in [5.41, 5.74) is 0. The molecule has 7 nitrogen and oxygen atoms in total. The first-order valence-corrected chi connectivity index (χ1v) is 7.92. The molecule has 0 radical (unpaired) electrons. The zero-order valence-electron chi connectivity index (χ0n) is 10.8. The van der Waals surface area contributed by atoms with Gasteiger partial charge in [0.15, 0.2) is 0 Å². The fourth-order valence-electron chi connectivity index (χ4n) is 2.14. The van der Waals surface area contributed by atoms with E-state index in [9.17, 15) is 13.2 Å². The number of nitrogens with zero attached hydrogens (tertiary/aromatic N) is 2. The highest BCUT2D eigenvalue weighted by atomic mass is 32.2. The summed E-state index contributed by atoms with van der Waals surface area (Å²) >= 11 is 0. The van der Waals surface area contributed by atoms with Gasteiger partial charge in [0.05, 0.1) is 11.9 Å². The van der Waals surface area contributed by atoms with Crippen LogP contribution in [0.5, 0.6) is 0 Å². The number of piperidine rings is 1. The van der Waals surface area contributed by atoms with Crippen LogP contribution >= 0.6 is 0 Å². The maximum absolute atomic E-state index is 12.0. The highest BCUT2D eigenvalue weighted by molar-refractivity contribution is 7.89. The normalized spacial score (nSPS) is 18.4. The molecule has 0 aliphatic carbocycles. The third kappa shape index (κ3) is 3.32. The molecule has 1 aliphatic heterocycles. The van der Waals surface area contributed by atoms with Crippen molar-refractivity contribution < 1.29 is 13.2 Å². The van der Waals surface area contributed by atoms with Gasteiger partial charge in [0.1, 0.15) is 5.82 Å². The number of amides is 1. The van der Waals surface area contributed by atoms with Crippen molar-refractivity contribution in [2.75, 3.05) is 24.2 Å². The minimum absolute atomic E-state index is 0.0854. The Morgan fingerprint density at radius 2 is 2.21 bits per heavy atom. The Morgan fingerprint density at radius 3 is 2.74 bits per heavy atom. The van der Waals surface area contributed by atoms with Gasteiger partial charge in [-0.25, -0.2) is 12.7 Å². The number of aromatic nitrogens is 2. The molecule has 0 atom stereocenters. The molecule has 1 fully saturated rings. The number of anilines is 1. The number of carbonyl (C=O) groups excluding carboxylic acids is 1. The van der Waals surface area contributed by atoms with Crippen molar-refractivity contribution in [2.45, 2.75) is 19.8 Å². The van der Waals surface area contributed by atoms with Gasteiger partial charge in [-0.05, 0) is 19.8 Å². The van der Waals surface area contributed by atoms with Crippen LogP contribution in [0.25, 0.3) is 0 Å². The lowest BCUT2D eigenvalue weighted by Crippen LogP contribution is -2.42. The summed E-state index contributed by atoms with van der Waals surface area (Å²) in [4.78, 5) is 12.0. The van der Waals surface area contributed by atoms with Crippen molar-refractivity contribution in [3.8, 4) is 0 Å². The van der Waals surface area contributed by atoms with Gasteiger partial charge in [-0.15, -0.1) is 0 Å². The van der Waals surface area contributed by atoms with Crippen LogP contribution in [0.15, 0.2) is 12.3 Å². The molecule has 8 heteroatoms. The first-order valence-electron chi connectivity index (χ1n) is 6.31. The number of H-pyrrole nitrogens is 1. The molecule has 1 aliphatic rings. The molecular formula is C11H18N4O3S. The van der Waals surface area contributed by atoms with Gasteiger partial charge in [-0.3, -0.25) is 9.89 Å². The van der Waals surface area contributed by atoms with Crippen molar-refractivity contribution in [1.82, 2.24) is 14.5 Å². The predicted octanol–water partition coefficient (Wildman–Crippen LogP) is 0.410. The minimum atomic E-state index is -3.13. The van der Waals surface area contributed by atoms with E-state index in [2.05, 4.69) is 15.5 Å². The molecule has 2 rings (SSSR count). The minimum Gasteiger partial charge on any atom is -0.311 e. The monoisotopic (exact) mass is 286 g/mol. The van der Waals surface area contributed by atoms with Gasteiger partial charge in [0.2, 0.25) is 15.9 Å². The summed E-state index contributed by atoms with van der Waals surface area (Å²) in [7, 11) is -3.13. The largest absolute Gasteiger partial charge is 0.311 e. The Hall–Kier alpha value is -1.41. The van der Waals surface area contributed by atoms with E-state index < -0.39 is 10.0 Å². The summed E-state index contributed by atoms with van der Waals surface area (Å²) in [6, 6.07) is 1.68. The summed E-state index contributed by atoms with van der Waals surface area (Å²) in [6.45, 7) is 2.46. The molecule has 1 saturated heterocycles. The van der Waals surface area contributed by atoms with Crippen LogP contribution in [0.1, 0.15) is 19.8 Å². The zero-order chi connectivity index (χ0) is 13.9. The van der Waals surface area contributed by atoms with Crippen LogP contribution in [-0.4, -0.2) is 47.7 Å². The fraction of sp³-hybridized carbons (Fsp3) is 0.636. The van der Waals surface area contributed by atoms with Gasteiger partial charge in [0.25, 0.3) is 0 Å². The van der Waals surface area contributed by atoms with E-state index in [-0.39, 0.29) is 17.6 Å². The first kappa shape index (κ1) is 14.0. The smallest absolute Gasteiger partial charge is 0.228 e. The Bertz CT molecular complexity index is 518. The fourth-order valence-corrected chi connectivity index (χ4v) is 3.27. The Kier molecular flexibility index (Phi) is 4.20. The van der Waals surface area contributed by atoms with Crippen molar-refractivity contribution in [1.29, 1.82) is 0 Å². The Labute approximate surface area is 112 Å². The average Bonchev–Trinajstić information content (AvgIpc) is 2.91. The second-order valence-corrected chi connectivity index (χ2v) is 6.79. The highest BCUT2D eigenvalue weighted by Gasteiger charge is 2.30. The van der Waals surface area contributed by atoms with Crippen LogP contribution < -0.4 is 5.32 Å². The molecule has 0 unspecified atom stereocenters. The maximum atomic E-state index is 12.0. The molecule has 19 heavy (non-hydrogen) atoms. The van der Waals surface area contributed by atoms with Crippen LogP contribution in [0.3, 0.4) is 0 Å². The zero-order valence-corrected chi connectivity index (χ0v) is 11.6. The average molecular weight is 286 g/mol. The molecule has 0 spiro atoms. The standard InChI is InChI=1S/C11H18N4O3S/c1-2-19(17,18)15-7-4-9(5-8-15)11(16)13-10-3-6-12-14-10/h3,6,9H,2,4-5,7-8H2,1H3,(H2,12,13,14,16). The second-order valence-electron chi connectivity index (χ2n) is 4.53. The molecule has 1 aromatic heterocycles. The van der Waals surface area contributed by atoms with Crippen molar-refractivity contribution in [3.63, 3.8) is 0 Å². The molecule has 0 bridgehead atoms. The third-order valence-electron chi connectivity index (χ3n) is 3.34. The second kappa shape index (κ2) is 5.70. The predicted molar refractivity (Wildman–Crippen MR) is 71.0 cm³/mol. The van der Waals surface area contributed by atoms with Gasteiger partial charge in [-0.2, -0.15) is 5.10 Å². The lowest BCUT2D eigenvalue weighted by atomic mass is 9.97. The van der Waals surface area contributed by atoms with E-state index in [1.165, 1.54) is 4.31 Å². The highest BCUT2D eigenvalue weighted by Crippen LogP contribution is 2.21. The number of hydrogen-bond donors (Lipinski definition) is 2. The summed E-state index contributed by atoms with van der Waals surface area (Å²) in [5, 5.41) is 9.14. The molecule has 0 saturated carbocycles. The van der Waals surface area contributed by atoms with Crippen molar-refractivity contribution in [2.24, 2.45) is 5.92 Å². The van der Waals surface area contributed by atoms with Crippen LogP contribution in [0, 0.1) is 5.92 Å². The van der Waals surface area contributed by atoms with E-state index in [1.807, 2.05) is 0 Å². The first-order chi connectivity index (χ1) is 9.03. The Morgan fingerprint density at radius 1 is 1.53 bits per heavy atom. The van der Waals surface area contributed by atoms with Crippen molar-refractivity contribution >= 4 is 21.7 Å². The molecule has 106 valence electrons. The summed E-state index contributed by atoms with van der Waals surface area (Å²) in [5.74, 6) is 0.441. The van der Waals surface area contributed by atoms with Crippen molar-refractivity contribution in [3.05, 3.63) is 12.3 Å². The Balaban J connectivity index is 1.88.